The zero-order chi connectivity index (χ0) is 20.7. The molecule has 0 saturated heterocycles. The highest BCUT2D eigenvalue weighted by Gasteiger charge is 2.22. The Balaban J connectivity index is 1.43. The zero-order valence-corrected chi connectivity index (χ0v) is 15.9. The molecule has 30 heavy (non-hydrogen) atoms. The molecule has 0 unspecified atom stereocenters. The molecular weight excluding hydrogens is 386 g/mol. The number of aryl methyl sites for hydroxylation is 1. The first-order chi connectivity index (χ1) is 14.6. The Morgan fingerprint density at radius 1 is 1.10 bits per heavy atom. The molecule has 5 rings (SSSR count). The first kappa shape index (κ1) is 17.9. The molecule has 0 radical (unpaired) electrons. The molecule has 0 saturated carbocycles. The standard InChI is InChI=1S/C22H15N3O5/c1-13-3-2-4-18-21(13)24-22(30-18)14-5-7-16(8-6-14)23-11-15-9-19-20(29-12-28-19)10-17(15)25(26)27/h2-11H,12H2,1H3. The third kappa shape index (κ3) is 3.14. The second-order valence-electron chi connectivity index (χ2n) is 6.77. The van der Waals surface area contributed by atoms with Gasteiger partial charge in [-0.1, -0.05) is 12.1 Å². The Morgan fingerprint density at radius 3 is 2.60 bits per heavy atom. The highest BCUT2D eigenvalue weighted by molar-refractivity contribution is 5.89. The van der Waals surface area contributed by atoms with Gasteiger partial charge in [0.15, 0.2) is 17.1 Å². The minimum atomic E-state index is -0.471. The Kier molecular flexibility index (Phi) is 4.17. The second-order valence-corrected chi connectivity index (χ2v) is 6.77. The smallest absolute Gasteiger partial charge is 0.282 e. The molecule has 4 aromatic rings. The van der Waals surface area contributed by atoms with E-state index < -0.39 is 4.92 Å². The first-order valence-corrected chi connectivity index (χ1v) is 9.17. The van der Waals surface area contributed by atoms with Crippen LogP contribution >= 0.6 is 0 Å². The van der Waals surface area contributed by atoms with Crippen LogP contribution in [0.5, 0.6) is 11.5 Å². The van der Waals surface area contributed by atoms with Crippen LogP contribution in [0.1, 0.15) is 11.1 Å². The molecule has 0 N–H and O–H groups in total. The Hall–Kier alpha value is -4.20. The molecule has 1 aliphatic rings. The monoisotopic (exact) mass is 401 g/mol. The van der Waals surface area contributed by atoms with Crippen molar-refractivity contribution in [3.05, 3.63) is 75.8 Å². The lowest BCUT2D eigenvalue weighted by Crippen LogP contribution is -1.94. The van der Waals surface area contributed by atoms with Crippen LogP contribution in [0, 0.1) is 17.0 Å². The minimum Gasteiger partial charge on any atom is -0.454 e. The number of nitro benzene ring substituents is 1. The second kappa shape index (κ2) is 7.00. The lowest BCUT2D eigenvalue weighted by Gasteiger charge is -2.01. The summed E-state index contributed by atoms with van der Waals surface area (Å²) in [5.41, 5.74) is 4.32. The van der Waals surface area contributed by atoms with E-state index in [0.717, 1.165) is 22.2 Å². The highest BCUT2D eigenvalue weighted by Crippen LogP contribution is 2.37. The van der Waals surface area contributed by atoms with E-state index in [1.807, 2.05) is 37.3 Å². The summed E-state index contributed by atoms with van der Waals surface area (Å²) >= 11 is 0. The molecule has 148 valence electrons. The van der Waals surface area contributed by atoms with Gasteiger partial charge in [0, 0.05) is 11.8 Å². The number of hydrogen-bond acceptors (Lipinski definition) is 7. The van der Waals surface area contributed by atoms with Crippen molar-refractivity contribution in [1.29, 1.82) is 0 Å². The van der Waals surface area contributed by atoms with Crippen molar-refractivity contribution < 1.29 is 18.8 Å². The highest BCUT2D eigenvalue weighted by atomic mass is 16.7. The Bertz CT molecular complexity index is 1310. The fourth-order valence-corrected chi connectivity index (χ4v) is 3.25. The molecule has 8 nitrogen and oxygen atoms in total. The molecule has 0 fully saturated rings. The summed E-state index contributed by atoms with van der Waals surface area (Å²) < 4.78 is 16.3. The fraction of sp³-hybridized carbons (Fsp3) is 0.0909. The van der Waals surface area contributed by atoms with E-state index in [4.69, 9.17) is 13.9 Å². The number of hydrogen-bond donors (Lipinski definition) is 0. The SMILES string of the molecule is Cc1cccc2oc(-c3ccc(N=Cc4cc5c(cc4[N+](=O)[O-])OCO5)cc3)nc12. The van der Waals surface area contributed by atoms with Gasteiger partial charge in [-0.25, -0.2) is 4.98 Å². The summed E-state index contributed by atoms with van der Waals surface area (Å²) in [6, 6.07) is 16.0. The van der Waals surface area contributed by atoms with E-state index >= 15 is 0 Å². The van der Waals surface area contributed by atoms with Crippen molar-refractivity contribution in [1.82, 2.24) is 4.98 Å². The third-order valence-corrected chi connectivity index (χ3v) is 4.81. The van der Waals surface area contributed by atoms with Gasteiger partial charge < -0.3 is 13.9 Å². The maximum Gasteiger partial charge on any atom is 0.282 e. The van der Waals surface area contributed by atoms with Gasteiger partial charge in [0.1, 0.15) is 5.52 Å². The first-order valence-electron chi connectivity index (χ1n) is 9.17. The molecule has 0 atom stereocenters. The molecule has 2 heterocycles. The Morgan fingerprint density at radius 2 is 1.87 bits per heavy atom. The number of nitrogens with zero attached hydrogens (tertiary/aromatic N) is 3. The molecule has 0 amide bonds. The summed E-state index contributed by atoms with van der Waals surface area (Å²) in [7, 11) is 0. The van der Waals surface area contributed by atoms with Crippen LogP contribution in [-0.4, -0.2) is 22.9 Å². The molecule has 3 aromatic carbocycles. The topological polar surface area (TPSA) is 100.0 Å². The molecule has 0 spiro atoms. The molecule has 1 aliphatic heterocycles. The number of ether oxygens (including phenoxy) is 2. The van der Waals surface area contributed by atoms with Crippen molar-refractivity contribution in [2.75, 3.05) is 6.79 Å². The van der Waals surface area contributed by atoms with E-state index in [0.29, 0.717) is 28.6 Å². The van der Waals surface area contributed by atoms with Crippen LogP contribution in [0.25, 0.3) is 22.6 Å². The summed E-state index contributed by atoms with van der Waals surface area (Å²) in [5, 5.41) is 11.4. The number of oxazole rings is 1. The lowest BCUT2D eigenvalue weighted by molar-refractivity contribution is -0.385. The fourth-order valence-electron chi connectivity index (χ4n) is 3.25. The van der Waals surface area contributed by atoms with Gasteiger partial charge in [0.05, 0.1) is 22.2 Å². The maximum absolute atomic E-state index is 11.4. The van der Waals surface area contributed by atoms with E-state index in [-0.39, 0.29) is 12.5 Å². The van der Waals surface area contributed by atoms with Crippen molar-refractivity contribution in [3.8, 4) is 23.0 Å². The van der Waals surface area contributed by atoms with Crippen molar-refractivity contribution >= 4 is 28.7 Å². The number of benzene rings is 3. The van der Waals surface area contributed by atoms with Gasteiger partial charge in [-0.2, -0.15) is 0 Å². The van der Waals surface area contributed by atoms with Crippen LogP contribution < -0.4 is 9.47 Å². The van der Waals surface area contributed by atoms with Crippen LogP contribution in [0.2, 0.25) is 0 Å². The maximum atomic E-state index is 11.4. The van der Waals surface area contributed by atoms with Crippen molar-refractivity contribution in [2.45, 2.75) is 6.92 Å². The molecule has 1 aromatic heterocycles. The number of para-hydroxylation sites is 1. The van der Waals surface area contributed by atoms with Gasteiger partial charge in [0.25, 0.3) is 5.69 Å². The summed E-state index contributed by atoms with van der Waals surface area (Å²) in [6.07, 6.45) is 1.44. The molecular formula is C22H15N3O5. The molecule has 8 heteroatoms. The predicted octanol–water partition coefficient (Wildman–Crippen LogP) is 5.19. The van der Waals surface area contributed by atoms with Crippen LogP contribution in [0.4, 0.5) is 11.4 Å². The third-order valence-electron chi connectivity index (χ3n) is 4.81. The van der Waals surface area contributed by atoms with Gasteiger partial charge in [0.2, 0.25) is 12.7 Å². The van der Waals surface area contributed by atoms with Crippen molar-refractivity contribution in [2.24, 2.45) is 4.99 Å². The Labute approximate surface area is 170 Å². The quantitative estimate of drug-likeness (QED) is 0.265. The van der Waals surface area contributed by atoms with Gasteiger partial charge in [-0.3, -0.25) is 15.1 Å². The normalized spacial score (nSPS) is 12.7. The molecule has 0 bridgehead atoms. The van der Waals surface area contributed by atoms with Crippen LogP contribution in [0.15, 0.2) is 64.0 Å². The van der Waals surface area contributed by atoms with E-state index in [9.17, 15) is 10.1 Å². The number of rotatable bonds is 4. The number of fused-ring (bicyclic) bond motifs is 2. The lowest BCUT2D eigenvalue weighted by atomic mass is 10.1. The van der Waals surface area contributed by atoms with Gasteiger partial charge in [-0.05, 0) is 48.9 Å². The number of aliphatic imine (C=N–C) groups is 1. The largest absolute Gasteiger partial charge is 0.454 e. The van der Waals surface area contributed by atoms with Crippen LogP contribution in [-0.2, 0) is 0 Å². The van der Waals surface area contributed by atoms with Gasteiger partial charge >= 0.3 is 0 Å². The van der Waals surface area contributed by atoms with Crippen LogP contribution in [0.3, 0.4) is 0 Å². The minimum absolute atomic E-state index is 0.0455. The van der Waals surface area contributed by atoms with E-state index in [1.54, 1.807) is 18.2 Å². The number of nitro groups is 1. The summed E-state index contributed by atoms with van der Waals surface area (Å²) in [4.78, 5) is 19.8. The molecule has 0 aliphatic carbocycles. The van der Waals surface area contributed by atoms with E-state index in [1.165, 1.54) is 12.3 Å². The zero-order valence-electron chi connectivity index (χ0n) is 15.9. The summed E-state index contributed by atoms with van der Waals surface area (Å²) in [5.74, 6) is 1.35. The van der Waals surface area contributed by atoms with Gasteiger partial charge in [-0.15, -0.1) is 0 Å². The summed E-state index contributed by atoms with van der Waals surface area (Å²) in [6.45, 7) is 2.03. The number of aromatic nitrogens is 1. The van der Waals surface area contributed by atoms with E-state index in [2.05, 4.69) is 9.98 Å². The average Bonchev–Trinajstić information content (AvgIpc) is 3.39. The average molecular weight is 401 g/mol. The predicted molar refractivity (Wildman–Crippen MR) is 111 cm³/mol. The van der Waals surface area contributed by atoms with Crippen molar-refractivity contribution in [3.63, 3.8) is 0 Å².